The lowest BCUT2D eigenvalue weighted by molar-refractivity contribution is 0.257. The fourth-order valence-electron chi connectivity index (χ4n) is 2.19. The average molecular weight is 326 g/mol. The summed E-state index contributed by atoms with van der Waals surface area (Å²) < 4.78 is 26.4. The SMILES string of the molecule is Cl.NCC1CCCCN1S(=O)(=O)c1cncc(Cl)c1. The van der Waals surface area contributed by atoms with Gasteiger partial charge < -0.3 is 5.73 Å². The van der Waals surface area contributed by atoms with Crippen molar-refractivity contribution in [1.82, 2.24) is 9.29 Å². The van der Waals surface area contributed by atoms with Crippen molar-refractivity contribution >= 4 is 34.0 Å². The fourth-order valence-corrected chi connectivity index (χ4v) is 4.13. The Morgan fingerprint density at radius 2 is 2.16 bits per heavy atom. The van der Waals surface area contributed by atoms with Crippen LogP contribution in [0.15, 0.2) is 23.4 Å². The van der Waals surface area contributed by atoms with Gasteiger partial charge >= 0.3 is 0 Å². The predicted octanol–water partition coefficient (Wildman–Crippen LogP) is 1.66. The van der Waals surface area contributed by atoms with Crippen LogP contribution in [0.5, 0.6) is 0 Å². The Balaban J connectivity index is 0.00000180. The molecule has 1 saturated heterocycles. The van der Waals surface area contributed by atoms with E-state index in [0.717, 1.165) is 19.3 Å². The van der Waals surface area contributed by atoms with Crippen molar-refractivity contribution in [1.29, 1.82) is 0 Å². The minimum absolute atomic E-state index is 0. The lowest BCUT2D eigenvalue weighted by Crippen LogP contribution is -2.47. The number of nitrogens with zero attached hydrogens (tertiary/aromatic N) is 2. The number of pyridine rings is 1. The van der Waals surface area contributed by atoms with Crippen molar-refractivity contribution in [3.63, 3.8) is 0 Å². The summed E-state index contributed by atoms with van der Waals surface area (Å²) in [5, 5.41) is 0.317. The molecule has 0 saturated carbocycles. The van der Waals surface area contributed by atoms with Crippen LogP contribution in [0.25, 0.3) is 0 Å². The number of halogens is 2. The molecule has 0 radical (unpaired) electrons. The first-order valence-corrected chi connectivity index (χ1v) is 7.70. The largest absolute Gasteiger partial charge is 0.329 e. The van der Waals surface area contributed by atoms with E-state index in [-0.39, 0.29) is 23.3 Å². The lowest BCUT2D eigenvalue weighted by atomic mass is 10.1. The van der Waals surface area contributed by atoms with Gasteiger partial charge in [0.15, 0.2) is 0 Å². The van der Waals surface area contributed by atoms with E-state index in [1.165, 1.54) is 22.8 Å². The second-order valence-electron chi connectivity index (χ2n) is 4.34. The summed E-state index contributed by atoms with van der Waals surface area (Å²) in [6.45, 7) is 0.851. The number of hydrogen-bond acceptors (Lipinski definition) is 4. The summed E-state index contributed by atoms with van der Waals surface area (Å²) in [5.74, 6) is 0. The van der Waals surface area contributed by atoms with Gasteiger partial charge in [-0.3, -0.25) is 4.98 Å². The summed E-state index contributed by atoms with van der Waals surface area (Å²) in [5.41, 5.74) is 5.65. The molecule has 2 heterocycles. The highest BCUT2D eigenvalue weighted by molar-refractivity contribution is 7.89. The molecule has 1 aliphatic rings. The Hall–Kier alpha value is -0.400. The lowest BCUT2D eigenvalue weighted by Gasteiger charge is -2.33. The zero-order chi connectivity index (χ0) is 13.2. The molecular weight excluding hydrogens is 309 g/mol. The van der Waals surface area contributed by atoms with Crippen LogP contribution in [0.3, 0.4) is 0 Å². The van der Waals surface area contributed by atoms with Crippen LogP contribution in [-0.2, 0) is 10.0 Å². The Bertz CT molecular complexity index is 524. The maximum atomic E-state index is 12.5. The minimum Gasteiger partial charge on any atom is -0.329 e. The van der Waals surface area contributed by atoms with Gasteiger partial charge in [-0.15, -0.1) is 12.4 Å². The Kier molecular flexibility index (Phi) is 6.01. The van der Waals surface area contributed by atoms with E-state index < -0.39 is 10.0 Å². The van der Waals surface area contributed by atoms with Crippen molar-refractivity contribution < 1.29 is 8.42 Å². The van der Waals surface area contributed by atoms with Gasteiger partial charge in [0.05, 0.1) is 5.02 Å². The summed E-state index contributed by atoms with van der Waals surface area (Å²) in [6, 6.07) is 1.30. The molecule has 1 aliphatic heterocycles. The quantitative estimate of drug-likeness (QED) is 0.916. The van der Waals surface area contributed by atoms with Gasteiger partial charge in [0, 0.05) is 31.5 Å². The van der Waals surface area contributed by atoms with E-state index in [2.05, 4.69) is 4.98 Å². The number of sulfonamides is 1. The standard InChI is InChI=1S/C11H16ClN3O2S.ClH/c12-9-5-11(8-14-7-9)18(16,17)15-4-2-1-3-10(15)6-13;/h5,7-8,10H,1-4,6,13H2;1H. The van der Waals surface area contributed by atoms with Gasteiger partial charge in [0.1, 0.15) is 4.90 Å². The second-order valence-corrected chi connectivity index (χ2v) is 6.67. The van der Waals surface area contributed by atoms with Crippen LogP contribution in [0, 0.1) is 0 Å². The van der Waals surface area contributed by atoms with Gasteiger partial charge in [-0.1, -0.05) is 18.0 Å². The van der Waals surface area contributed by atoms with Gasteiger partial charge in [0.2, 0.25) is 10.0 Å². The first-order chi connectivity index (χ1) is 8.55. The molecule has 0 aromatic carbocycles. The molecule has 1 atom stereocenters. The summed E-state index contributed by atoms with van der Waals surface area (Å²) >= 11 is 5.79. The molecule has 2 N–H and O–H groups in total. The molecule has 5 nitrogen and oxygen atoms in total. The van der Waals surface area contributed by atoms with Crippen LogP contribution in [-0.4, -0.2) is 36.8 Å². The maximum absolute atomic E-state index is 12.5. The molecule has 0 amide bonds. The van der Waals surface area contributed by atoms with E-state index in [1.807, 2.05) is 0 Å². The van der Waals surface area contributed by atoms with Gasteiger partial charge in [-0.25, -0.2) is 8.42 Å². The molecule has 108 valence electrons. The molecule has 1 unspecified atom stereocenters. The third-order valence-electron chi connectivity index (χ3n) is 3.13. The molecule has 0 spiro atoms. The molecule has 8 heteroatoms. The smallest absolute Gasteiger partial charge is 0.244 e. The zero-order valence-electron chi connectivity index (χ0n) is 10.3. The van der Waals surface area contributed by atoms with E-state index in [4.69, 9.17) is 17.3 Å². The van der Waals surface area contributed by atoms with Crippen LogP contribution in [0.4, 0.5) is 0 Å². The molecule has 19 heavy (non-hydrogen) atoms. The Morgan fingerprint density at radius 1 is 1.42 bits per heavy atom. The Morgan fingerprint density at radius 3 is 2.79 bits per heavy atom. The summed E-state index contributed by atoms with van der Waals surface area (Å²) in [6.07, 6.45) is 5.43. The van der Waals surface area contributed by atoms with Crippen molar-refractivity contribution in [3.05, 3.63) is 23.5 Å². The van der Waals surface area contributed by atoms with Crippen molar-refractivity contribution in [2.45, 2.75) is 30.2 Å². The van der Waals surface area contributed by atoms with E-state index in [0.29, 0.717) is 18.1 Å². The number of hydrogen-bond donors (Lipinski definition) is 1. The average Bonchev–Trinajstić information content (AvgIpc) is 2.38. The maximum Gasteiger partial charge on any atom is 0.244 e. The zero-order valence-corrected chi connectivity index (χ0v) is 12.7. The Labute approximate surface area is 124 Å². The molecule has 0 aliphatic carbocycles. The highest BCUT2D eigenvalue weighted by Crippen LogP contribution is 2.25. The normalized spacial score (nSPS) is 20.8. The molecule has 0 bridgehead atoms. The number of aromatic nitrogens is 1. The molecular formula is C11H17Cl2N3O2S. The third-order valence-corrected chi connectivity index (χ3v) is 5.26. The van der Waals surface area contributed by atoms with Crippen molar-refractivity contribution in [2.75, 3.05) is 13.1 Å². The van der Waals surface area contributed by atoms with Gasteiger partial charge in [-0.2, -0.15) is 4.31 Å². The first-order valence-electron chi connectivity index (χ1n) is 5.88. The fraction of sp³-hybridized carbons (Fsp3) is 0.545. The van der Waals surface area contributed by atoms with Crippen molar-refractivity contribution in [2.24, 2.45) is 5.73 Å². The van der Waals surface area contributed by atoms with E-state index in [9.17, 15) is 8.42 Å². The molecule has 1 aromatic rings. The van der Waals surface area contributed by atoms with Crippen LogP contribution < -0.4 is 5.73 Å². The number of piperidine rings is 1. The predicted molar refractivity (Wildman–Crippen MR) is 77.1 cm³/mol. The highest BCUT2D eigenvalue weighted by Gasteiger charge is 2.32. The summed E-state index contributed by atoms with van der Waals surface area (Å²) in [4.78, 5) is 3.96. The molecule has 2 rings (SSSR count). The monoisotopic (exact) mass is 325 g/mol. The van der Waals surface area contributed by atoms with Crippen molar-refractivity contribution in [3.8, 4) is 0 Å². The van der Waals surface area contributed by atoms with E-state index in [1.54, 1.807) is 0 Å². The minimum atomic E-state index is -3.54. The van der Waals surface area contributed by atoms with Crippen LogP contribution in [0.2, 0.25) is 5.02 Å². The first kappa shape index (κ1) is 16.7. The second kappa shape index (κ2) is 6.85. The summed E-state index contributed by atoms with van der Waals surface area (Å²) in [7, 11) is -3.54. The van der Waals surface area contributed by atoms with Crippen LogP contribution in [0.1, 0.15) is 19.3 Å². The third kappa shape index (κ3) is 3.58. The number of nitrogens with two attached hydrogens (primary N) is 1. The van der Waals surface area contributed by atoms with Gasteiger partial charge in [0.25, 0.3) is 0 Å². The van der Waals surface area contributed by atoms with Gasteiger partial charge in [-0.05, 0) is 18.9 Å². The van der Waals surface area contributed by atoms with E-state index >= 15 is 0 Å². The number of rotatable bonds is 3. The molecule has 1 aromatic heterocycles. The molecule has 1 fully saturated rings. The highest BCUT2D eigenvalue weighted by atomic mass is 35.5. The van der Waals surface area contributed by atoms with Crippen LogP contribution >= 0.6 is 24.0 Å². The topological polar surface area (TPSA) is 76.3 Å².